The molecule has 0 amide bonds. The van der Waals surface area contributed by atoms with E-state index in [2.05, 4.69) is 15.6 Å². The summed E-state index contributed by atoms with van der Waals surface area (Å²) in [6.45, 7) is 0. The van der Waals surface area contributed by atoms with E-state index in [0.717, 1.165) is 29.6 Å². The third kappa shape index (κ3) is 1.95. The van der Waals surface area contributed by atoms with Gasteiger partial charge in [-0.2, -0.15) is 0 Å². The van der Waals surface area contributed by atoms with Crippen LogP contribution in [0.2, 0.25) is 0 Å². The molecule has 1 aromatic rings. The first kappa shape index (κ1) is 10.8. The Bertz CT molecular complexity index is 540. The third-order valence-corrected chi connectivity index (χ3v) is 3.08. The highest BCUT2D eigenvalue weighted by molar-refractivity contribution is 6.15. The fourth-order valence-electron chi connectivity index (χ4n) is 1.98. The van der Waals surface area contributed by atoms with Crippen molar-refractivity contribution in [3.8, 4) is 0 Å². The van der Waals surface area contributed by atoms with Crippen LogP contribution >= 0.6 is 0 Å². The smallest absolute Gasteiger partial charge is 0.133 e. The van der Waals surface area contributed by atoms with E-state index >= 15 is 0 Å². The maximum atomic E-state index is 7.92. The SMILES string of the molecule is N=C1NC=C(c2ccncc2)/C1=C(/N)NC1CC1. The van der Waals surface area contributed by atoms with Crippen LogP contribution in [0.15, 0.2) is 42.1 Å². The number of nitrogens with two attached hydrogens (primary N) is 1. The van der Waals surface area contributed by atoms with Crippen LogP contribution in [0.25, 0.3) is 5.57 Å². The summed E-state index contributed by atoms with van der Waals surface area (Å²) in [6, 6.07) is 4.30. The molecule has 2 heterocycles. The minimum Gasteiger partial charge on any atom is -0.385 e. The monoisotopic (exact) mass is 241 g/mol. The van der Waals surface area contributed by atoms with Crippen LogP contribution in [-0.2, 0) is 0 Å². The van der Waals surface area contributed by atoms with Gasteiger partial charge in [0.05, 0.1) is 5.57 Å². The summed E-state index contributed by atoms with van der Waals surface area (Å²) >= 11 is 0. The molecule has 2 aliphatic rings. The Balaban J connectivity index is 1.96. The molecule has 3 rings (SSSR count). The van der Waals surface area contributed by atoms with Crippen molar-refractivity contribution in [2.45, 2.75) is 18.9 Å². The van der Waals surface area contributed by atoms with Crippen LogP contribution in [-0.4, -0.2) is 16.9 Å². The number of hydrogen-bond donors (Lipinski definition) is 4. The molecule has 0 atom stereocenters. The summed E-state index contributed by atoms with van der Waals surface area (Å²) in [5.74, 6) is 0.919. The predicted octanol–water partition coefficient (Wildman–Crippen LogP) is 0.925. The topological polar surface area (TPSA) is 86.8 Å². The molecule has 5 heteroatoms. The second-order valence-electron chi connectivity index (χ2n) is 4.52. The Labute approximate surface area is 105 Å². The second-order valence-corrected chi connectivity index (χ2v) is 4.52. The van der Waals surface area contributed by atoms with E-state index in [1.807, 2.05) is 18.3 Å². The van der Waals surface area contributed by atoms with Gasteiger partial charge in [-0.25, -0.2) is 0 Å². The lowest BCUT2D eigenvalue weighted by Crippen LogP contribution is -2.27. The zero-order chi connectivity index (χ0) is 12.5. The van der Waals surface area contributed by atoms with Crippen molar-refractivity contribution in [2.75, 3.05) is 0 Å². The highest BCUT2D eigenvalue weighted by Crippen LogP contribution is 2.28. The molecule has 0 unspecified atom stereocenters. The molecule has 0 aromatic carbocycles. The van der Waals surface area contributed by atoms with Gasteiger partial charge in [-0.3, -0.25) is 10.4 Å². The molecule has 1 aliphatic carbocycles. The number of rotatable bonds is 3. The zero-order valence-electron chi connectivity index (χ0n) is 9.90. The molecular formula is C13H15N5. The van der Waals surface area contributed by atoms with E-state index in [0.29, 0.717) is 17.7 Å². The fraction of sp³-hybridized carbons (Fsp3) is 0.231. The molecule has 0 radical (unpaired) electrons. The Morgan fingerprint density at radius 2 is 2.11 bits per heavy atom. The first-order valence-corrected chi connectivity index (χ1v) is 5.98. The molecule has 1 aliphatic heterocycles. The van der Waals surface area contributed by atoms with Crippen molar-refractivity contribution >= 4 is 11.4 Å². The van der Waals surface area contributed by atoms with E-state index in [1.165, 1.54) is 0 Å². The largest absolute Gasteiger partial charge is 0.385 e. The zero-order valence-corrected chi connectivity index (χ0v) is 9.90. The highest BCUT2D eigenvalue weighted by atomic mass is 15.1. The van der Waals surface area contributed by atoms with Gasteiger partial charge in [0.1, 0.15) is 11.7 Å². The first-order valence-electron chi connectivity index (χ1n) is 5.98. The molecule has 0 spiro atoms. The highest BCUT2D eigenvalue weighted by Gasteiger charge is 2.26. The molecule has 1 saturated carbocycles. The number of hydrogen-bond acceptors (Lipinski definition) is 4. The van der Waals surface area contributed by atoms with Gasteiger partial charge in [0.15, 0.2) is 0 Å². The summed E-state index contributed by atoms with van der Waals surface area (Å²) in [5.41, 5.74) is 8.76. The van der Waals surface area contributed by atoms with E-state index < -0.39 is 0 Å². The van der Waals surface area contributed by atoms with Crippen molar-refractivity contribution in [1.82, 2.24) is 15.6 Å². The molecule has 0 saturated heterocycles. The molecule has 1 fully saturated rings. The van der Waals surface area contributed by atoms with E-state index in [1.54, 1.807) is 12.4 Å². The Hall–Kier alpha value is -2.30. The van der Waals surface area contributed by atoms with Crippen molar-refractivity contribution in [3.63, 3.8) is 0 Å². The maximum absolute atomic E-state index is 7.92. The van der Waals surface area contributed by atoms with Crippen LogP contribution in [0, 0.1) is 5.41 Å². The maximum Gasteiger partial charge on any atom is 0.133 e. The van der Waals surface area contributed by atoms with Gasteiger partial charge in [0, 0.05) is 30.2 Å². The van der Waals surface area contributed by atoms with E-state index in [9.17, 15) is 0 Å². The molecule has 0 bridgehead atoms. The minimum absolute atomic E-state index is 0.340. The lowest BCUT2D eigenvalue weighted by molar-refractivity contribution is 0.790. The van der Waals surface area contributed by atoms with Gasteiger partial charge in [0.25, 0.3) is 0 Å². The number of nitrogens with zero attached hydrogens (tertiary/aromatic N) is 1. The third-order valence-electron chi connectivity index (χ3n) is 3.08. The minimum atomic E-state index is 0.340. The van der Waals surface area contributed by atoms with Gasteiger partial charge in [-0.15, -0.1) is 0 Å². The van der Waals surface area contributed by atoms with Crippen molar-refractivity contribution < 1.29 is 0 Å². The van der Waals surface area contributed by atoms with Gasteiger partial charge in [0.2, 0.25) is 0 Å². The number of nitrogens with one attached hydrogen (secondary N) is 3. The summed E-state index contributed by atoms with van der Waals surface area (Å²) in [7, 11) is 0. The second kappa shape index (κ2) is 4.18. The standard InChI is InChI=1S/C13H15N5/c14-12-11(13(15)18-9-1-2-9)10(7-17-12)8-3-5-16-6-4-8/h3-7,9,18H,1-2,15H2,(H2,14,17)/b13-11+. The molecule has 1 aromatic heterocycles. The van der Waals surface area contributed by atoms with Crippen LogP contribution in [0.1, 0.15) is 18.4 Å². The number of aromatic nitrogens is 1. The van der Waals surface area contributed by atoms with Gasteiger partial charge in [-0.1, -0.05) is 0 Å². The van der Waals surface area contributed by atoms with E-state index in [4.69, 9.17) is 11.1 Å². The molecule has 92 valence electrons. The number of pyridine rings is 1. The van der Waals surface area contributed by atoms with Crippen LogP contribution in [0.5, 0.6) is 0 Å². The summed E-state index contributed by atoms with van der Waals surface area (Å²) in [4.78, 5) is 4.00. The molecule has 5 nitrogen and oxygen atoms in total. The lowest BCUT2D eigenvalue weighted by atomic mass is 10.0. The Morgan fingerprint density at radius 3 is 2.78 bits per heavy atom. The van der Waals surface area contributed by atoms with Crippen molar-refractivity contribution in [1.29, 1.82) is 5.41 Å². The molecule has 5 N–H and O–H groups in total. The Morgan fingerprint density at radius 1 is 1.39 bits per heavy atom. The van der Waals surface area contributed by atoms with Gasteiger partial charge >= 0.3 is 0 Å². The normalized spacial score (nSPS) is 21.3. The average molecular weight is 241 g/mol. The van der Waals surface area contributed by atoms with Crippen molar-refractivity contribution in [3.05, 3.63) is 47.7 Å². The fourth-order valence-corrected chi connectivity index (χ4v) is 1.98. The average Bonchev–Trinajstić information content (AvgIpc) is 3.10. The summed E-state index contributed by atoms with van der Waals surface area (Å²) in [5, 5.41) is 14.1. The first-order chi connectivity index (χ1) is 8.75. The molecular weight excluding hydrogens is 226 g/mol. The van der Waals surface area contributed by atoms with Gasteiger partial charge in [-0.05, 0) is 30.5 Å². The van der Waals surface area contributed by atoms with Crippen LogP contribution in [0.4, 0.5) is 0 Å². The van der Waals surface area contributed by atoms with E-state index in [-0.39, 0.29) is 0 Å². The quantitative estimate of drug-likeness (QED) is 0.634. The summed E-state index contributed by atoms with van der Waals surface area (Å²) < 4.78 is 0. The van der Waals surface area contributed by atoms with Gasteiger partial charge < -0.3 is 16.4 Å². The summed E-state index contributed by atoms with van der Waals surface area (Å²) in [6.07, 6.45) is 7.60. The van der Waals surface area contributed by atoms with Crippen LogP contribution < -0.4 is 16.4 Å². The number of amidine groups is 1. The lowest BCUT2D eigenvalue weighted by Gasteiger charge is -2.11. The molecule has 18 heavy (non-hydrogen) atoms. The Kier molecular flexibility index (Phi) is 2.51. The predicted molar refractivity (Wildman–Crippen MR) is 70.4 cm³/mol. The van der Waals surface area contributed by atoms with Crippen LogP contribution in [0.3, 0.4) is 0 Å². The van der Waals surface area contributed by atoms with Crippen molar-refractivity contribution in [2.24, 2.45) is 5.73 Å².